The third-order valence-corrected chi connectivity index (χ3v) is 2.97. The van der Waals surface area contributed by atoms with E-state index in [-0.39, 0.29) is 5.91 Å². The van der Waals surface area contributed by atoms with E-state index < -0.39 is 6.04 Å². The van der Waals surface area contributed by atoms with Crippen LogP contribution < -0.4 is 11.1 Å². The summed E-state index contributed by atoms with van der Waals surface area (Å²) < 4.78 is 0. The van der Waals surface area contributed by atoms with Crippen LogP contribution in [0.15, 0.2) is 42.5 Å². The van der Waals surface area contributed by atoms with Gasteiger partial charge in [0, 0.05) is 16.8 Å². The van der Waals surface area contributed by atoms with Crippen LogP contribution in [0.3, 0.4) is 0 Å². The molecule has 0 saturated carbocycles. The van der Waals surface area contributed by atoms with Crippen molar-refractivity contribution in [3.05, 3.63) is 42.5 Å². The molecule has 0 radical (unpaired) electrons. The molecular weight excluding hydrogens is 232 g/mol. The molecule has 0 aliphatic carbocycles. The summed E-state index contributed by atoms with van der Waals surface area (Å²) in [5.74, 6) is 0.118. The predicted octanol–water partition coefficient (Wildman–Crippen LogP) is 2.04. The number of carbonyl (C=O) groups is 1. The Morgan fingerprint density at radius 1 is 1.24 bits per heavy atom. The summed E-state index contributed by atoms with van der Waals surface area (Å²) in [6, 6.07) is 13.1. The van der Waals surface area contributed by atoms with Crippen LogP contribution in [-0.4, -0.2) is 17.7 Å². The molecule has 0 aliphatic heterocycles. The standard InChI is InChI=1S/C13H14N2OS/c14-11(8-17)13(16)15-12-7-3-5-9-4-1-2-6-10(9)12/h1-7,11,17H,8,14H2,(H,15,16)/t11-/m0/s1. The summed E-state index contributed by atoms with van der Waals surface area (Å²) >= 11 is 4.01. The zero-order valence-corrected chi connectivity index (χ0v) is 10.2. The number of amides is 1. The van der Waals surface area contributed by atoms with Crippen molar-refractivity contribution in [1.29, 1.82) is 0 Å². The van der Waals surface area contributed by atoms with E-state index in [0.29, 0.717) is 5.75 Å². The number of anilines is 1. The van der Waals surface area contributed by atoms with Crippen LogP contribution >= 0.6 is 12.6 Å². The van der Waals surface area contributed by atoms with Gasteiger partial charge in [-0.1, -0.05) is 36.4 Å². The minimum absolute atomic E-state index is 0.212. The molecular formula is C13H14N2OS. The molecule has 2 aromatic carbocycles. The normalized spacial score (nSPS) is 12.4. The molecule has 0 unspecified atom stereocenters. The second-order valence-electron chi connectivity index (χ2n) is 3.81. The van der Waals surface area contributed by atoms with E-state index in [0.717, 1.165) is 16.5 Å². The molecule has 4 heteroatoms. The van der Waals surface area contributed by atoms with Crippen LogP contribution in [-0.2, 0) is 4.79 Å². The number of rotatable bonds is 3. The van der Waals surface area contributed by atoms with Gasteiger partial charge >= 0.3 is 0 Å². The van der Waals surface area contributed by atoms with Crippen molar-refractivity contribution < 1.29 is 4.79 Å². The smallest absolute Gasteiger partial charge is 0.242 e. The molecule has 0 heterocycles. The summed E-state index contributed by atoms with van der Waals surface area (Å²) in [7, 11) is 0. The Kier molecular flexibility index (Phi) is 3.66. The number of fused-ring (bicyclic) bond motifs is 1. The maximum atomic E-state index is 11.7. The van der Waals surface area contributed by atoms with Crippen LogP contribution in [0.4, 0.5) is 5.69 Å². The number of hydrogen-bond acceptors (Lipinski definition) is 3. The van der Waals surface area contributed by atoms with Gasteiger partial charge in [-0.05, 0) is 11.5 Å². The summed E-state index contributed by atoms with van der Waals surface area (Å²) in [4.78, 5) is 11.7. The Morgan fingerprint density at radius 2 is 1.94 bits per heavy atom. The fourth-order valence-corrected chi connectivity index (χ4v) is 1.81. The maximum absolute atomic E-state index is 11.7. The van der Waals surface area contributed by atoms with E-state index >= 15 is 0 Å². The van der Waals surface area contributed by atoms with Crippen molar-refractivity contribution in [3.63, 3.8) is 0 Å². The minimum Gasteiger partial charge on any atom is -0.324 e. The number of hydrogen-bond donors (Lipinski definition) is 3. The lowest BCUT2D eigenvalue weighted by Gasteiger charge is -2.11. The van der Waals surface area contributed by atoms with E-state index in [1.165, 1.54) is 0 Å². The van der Waals surface area contributed by atoms with Crippen molar-refractivity contribution >= 4 is 35.0 Å². The third-order valence-electron chi connectivity index (χ3n) is 2.58. The molecule has 0 spiro atoms. The first-order valence-electron chi connectivity index (χ1n) is 5.37. The molecule has 2 aromatic rings. The van der Waals surface area contributed by atoms with Crippen LogP contribution in [0.1, 0.15) is 0 Å². The molecule has 88 valence electrons. The van der Waals surface area contributed by atoms with E-state index in [1.807, 2.05) is 42.5 Å². The summed E-state index contributed by atoms with van der Waals surface area (Å²) in [5, 5.41) is 4.92. The van der Waals surface area contributed by atoms with Gasteiger partial charge in [0.15, 0.2) is 0 Å². The lowest BCUT2D eigenvalue weighted by atomic mass is 10.1. The van der Waals surface area contributed by atoms with Crippen molar-refractivity contribution in [2.45, 2.75) is 6.04 Å². The minimum atomic E-state index is -0.586. The molecule has 17 heavy (non-hydrogen) atoms. The topological polar surface area (TPSA) is 55.1 Å². The van der Waals surface area contributed by atoms with Crippen LogP contribution in [0.2, 0.25) is 0 Å². The number of nitrogens with two attached hydrogens (primary N) is 1. The molecule has 2 rings (SSSR count). The van der Waals surface area contributed by atoms with E-state index in [9.17, 15) is 4.79 Å². The highest BCUT2D eigenvalue weighted by Gasteiger charge is 2.12. The second-order valence-corrected chi connectivity index (χ2v) is 4.17. The predicted molar refractivity (Wildman–Crippen MR) is 74.4 cm³/mol. The van der Waals surface area contributed by atoms with Crippen molar-refractivity contribution in [1.82, 2.24) is 0 Å². The molecule has 1 atom stereocenters. The van der Waals surface area contributed by atoms with Gasteiger partial charge in [-0.15, -0.1) is 0 Å². The number of nitrogens with one attached hydrogen (secondary N) is 1. The average molecular weight is 246 g/mol. The summed E-state index contributed by atoms with van der Waals surface area (Å²) in [6.07, 6.45) is 0. The largest absolute Gasteiger partial charge is 0.324 e. The highest BCUT2D eigenvalue weighted by Crippen LogP contribution is 2.22. The van der Waals surface area contributed by atoms with Crippen molar-refractivity contribution in [3.8, 4) is 0 Å². The lowest BCUT2D eigenvalue weighted by molar-refractivity contribution is -0.116. The number of benzene rings is 2. The fourth-order valence-electron chi connectivity index (χ4n) is 1.64. The average Bonchev–Trinajstić information content (AvgIpc) is 2.38. The zero-order valence-electron chi connectivity index (χ0n) is 9.26. The number of carbonyl (C=O) groups excluding carboxylic acids is 1. The molecule has 0 fully saturated rings. The van der Waals surface area contributed by atoms with Crippen LogP contribution in [0.25, 0.3) is 10.8 Å². The van der Waals surface area contributed by atoms with Crippen LogP contribution in [0, 0.1) is 0 Å². The Hall–Kier alpha value is -1.52. The van der Waals surface area contributed by atoms with Gasteiger partial charge in [-0.25, -0.2) is 0 Å². The molecule has 0 saturated heterocycles. The molecule has 0 aromatic heterocycles. The first-order chi connectivity index (χ1) is 8.22. The lowest BCUT2D eigenvalue weighted by Crippen LogP contribution is -2.37. The second kappa shape index (κ2) is 5.21. The van der Waals surface area contributed by atoms with Gasteiger partial charge in [0.25, 0.3) is 0 Å². The summed E-state index contributed by atoms with van der Waals surface area (Å²) in [5.41, 5.74) is 6.40. The molecule has 3 nitrogen and oxygen atoms in total. The highest BCUT2D eigenvalue weighted by molar-refractivity contribution is 7.80. The van der Waals surface area contributed by atoms with Crippen LogP contribution in [0.5, 0.6) is 0 Å². The first kappa shape index (κ1) is 12.0. The first-order valence-corrected chi connectivity index (χ1v) is 6.00. The van der Waals surface area contributed by atoms with E-state index in [1.54, 1.807) is 0 Å². The Labute approximate surface area is 105 Å². The monoisotopic (exact) mass is 246 g/mol. The Balaban J connectivity index is 2.33. The molecule has 0 aliphatic rings. The quantitative estimate of drug-likeness (QED) is 0.726. The molecule has 3 N–H and O–H groups in total. The third kappa shape index (κ3) is 2.60. The van der Waals surface area contributed by atoms with Crippen molar-refractivity contribution in [2.75, 3.05) is 11.1 Å². The maximum Gasteiger partial charge on any atom is 0.242 e. The SMILES string of the molecule is N[C@@H](CS)C(=O)Nc1cccc2ccccc12. The van der Waals surface area contributed by atoms with Gasteiger partial charge in [-0.3, -0.25) is 4.79 Å². The van der Waals surface area contributed by atoms with Gasteiger partial charge in [0.05, 0.1) is 6.04 Å². The van der Waals surface area contributed by atoms with Gasteiger partial charge in [0.1, 0.15) is 0 Å². The Bertz CT molecular complexity index is 536. The molecule has 1 amide bonds. The Morgan fingerprint density at radius 3 is 2.71 bits per heavy atom. The fraction of sp³-hybridized carbons (Fsp3) is 0.154. The van der Waals surface area contributed by atoms with E-state index in [2.05, 4.69) is 17.9 Å². The molecule has 0 bridgehead atoms. The summed E-state index contributed by atoms with van der Waals surface area (Å²) in [6.45, 7) is 0. The van der Waals surface area contributed by atoms with E-state index in [4.69, 9.17) is 5.73 Å². The van der Waals surface area contributed by atoms with Gasteiger partial charge in [-0.2, -0.15) is 12.6 Å². The van der Waals surface area contributed by atoms with Gasteiger partial charge in [0.2, 0.25) is 5.91 Å². The van der Waals surface area contributed by atoms with Gasteiger partial charge < -0.3 is 11.1 Å². The number of thiol groups is 1. The highest BCUT2D eigenvalue weighted by atomic mass is 32.1. The van der Waals surface area contributed by atoms with Crippen molar-refractivity contribution in [2.24, 2.45) is 5.73 Å². The zero-order chi connectivity index (χ0) is 12.3.